The molecule has 5 aromatic rings. The first-order chi connectivity index (χ1) is 14.4. The number of rotatable bonds is 3. The van der Waals surface area contributed by atoms with Crippen molar-refractivity contribution in [3.05, 3.63) is 102 Å². The van der Waals surface area contributed by atoms with Crippen LogP contribution in [-0.2, 0) is 0 Å². The largest absolute Gasteiger partial charge is 0.404 e. The van der Waals surface area contributed by atoms with E-state index in [1.807, 2.05) is 0 Å². The first kappa shape index (κ1) is 18.4. The molecule has 0 atom stereocenters. The molecule has 0 spiro atoms. The molecule has 0 bridgehead atoms. The van der Waals surface area contributed by atoms with Crippen molar-refractivity contribution in [1.82, 2.24) is 14.8 Å². The maximum atomic E-state index is 14.1. The molecule has 2 aromatic heterocycles. The zero-order valence-electron chi connectivity index (χ0n) is 15.4. The highest BCUT2D eigenvalue weighted by Gasteiger charge is 2.44. The van der Waals surface area contributed by atoms with Crippen molar-refractivity contribution < 1.29 is 17.6 Å². The van der Waals surface area contributed by atoms with Crippen molar-refractivity contribution in [2.45, 2.75) is 6.18 Å². The van der Waals surface area contributed by atoms with Gasteiger partial charge in [0.2, 0.25) is 0 Å². The van der Waals surface area contributed by atoms with Crippen LogP contribution in [0.15, 0.2) is 79.1 Å². The summed E-state index contributed by atoms with van der Waals surface area (Å²) in [5.74, 6) is -1.09. The summed E-state index contributed by atoms with van der Waals surface area (Å²) >= 11 is 0. The van der Waals surface area contributed by atoms with E-state index in [0.717, 1.165) is 0 Å². The molecule has 149 valence electrons. The fourth-order valence-corrected chi connectivity index (χ4v) is 3.74. The summed E-state index contributed by atoms with van der Waals surface area (Å²) in [6, 6.07) is 16.8. The third-order valence-electron chi connectivity index (χ3n) is 5.07. The number of H-pyrrole nitrogens is 1. The monoisotopic (exact) mass is 408 g/mol. The SMILES string of the molecule is Fc1ccc(-n2ncc3cc([C](c4cccc5cc[nH]c45)C(F)(F)F)ccc32)cc1. The lowest BCUT2D eigenvalue weighted by molar-refractivity contribution is -0.104. The molecule has 0 fully saturated rings. The molecular weight excluding hydrogens is 394 g/mol. The number of nitrogens with zero attached hydrogens (tertiary/aromatic N) is 2. The Balaban J connectivity index is 1.65. The van der Waals surface area contributed by atoms with Crippen LogP contribution >= 0.6 is 0 Å². The van der Waals surface area contributed by atoms with E-state index in [0.29, 0.717) is 27.5 Å². The second kappa shape index (κ2) is 6.73. The maximum absolute atomic E-state index is 14.1. The highest BCUT2D eigenvalue weighted by molar-refractivity contribution is 5.87. The molecule has 1 radical (unpaired) electrons. The number of halogens is 4. The maximum Gasteiger partial charge on any atom is 0.404 e. The van der Waals surface area contributed by atoms with E-state index in [9.17, 15) is 17.6 Å². The van der Waals surface area contributed by atoms with Crippen LogP contribution in [0.4, 0.5) is 17.6 Å². The van der Waals surface area contributed by atoms with E-state index in [2.05, 4.69) is 10.1 Å². The predicted molar refractivity (Wildman–Crippen MR) is 107 cm³/mol. The molecule has 0 amide bonds. The lowest BCUT2D eigenvalue weighted by atomic mass is 9.89. The number of fused-ring (bicyclic) bond motifs is 2. The van der Waals surface area contributed by atoms with Crippen LogP contribution in [0.5, 0.6) is 0 Å². The average molecular weight is 408 g/mol. The quantitative estimate of drug-likeness (QED) is 0.356. The second-order valence-electron chi connectivity index (χ2n) is 6.93. The zero-order valence-corrected chi connectivity index (χ0v) is 15.4. The van der Waals surface area contributed by atoms with Gasteiger partial charge in [0, 0.05) is 17.1 Å². The number of alkyl halides is 3. The Hall–Kier alpha value is -3.61. The fraction of sp³-hybridized carbons (Fsp3) is 0.0435. The van der Waals surface area contributed by atoms with E-state index in [1.54, 1.807) is 47.3 Å². The van der Waals surface area contributed by atoms with Gasteiger partial charge in [0.1, 0.15) is 11.7 Å². The van der Waals surface area contributed by atoms with Crippen LogP contribution in [0, 0.1) is 11.7 Å². The molecule has 0 aliphatic rings. The van der Waals surface area contributed by atoms with Crippen LogP contribution in [0.3, 0.4) is 0 Å². The number of hydrogen-bond acceptors (Lipinski definition) is 1. The highest BCUT2D eigenvalue weighted by atomic mass is 19.4. The van der Waals surface area contributed by atoms with Crippen molar-refractivity contribution in [3.63, 3.8) is 0 Å². The van der Waals surface area contributed by atoms with Gasteiger partial charge >= 0.3 is 6.18 Å². The van der Waals surface area contributed by atoms with Crippen LogP contribution in [0.1, 0.15) is 11.1 Å². The minimum Gasteiger partial charge on any atom is -0.361 e. The molecule has 0 saturated carbocycles. The Bertz CT molecular complexity index is 1350. The minimum absolute atomic E-state index is 0.0516. The lowest BCUT2D eigenvalue weighted by Gasteiger charge is -2.21. The summed E-state index contributed by atoms with van der Waals surface area (Å²) in [6.07, 6.45) is -1.43. The molecule has 1 N–H and O–H groups in total. The van der Waals surface area contributed by atoms with E-state index >= 15 is 0 Å². The molecule has 0 aliphatic carbocycles. The molecule has 7 heteroatoms. The summed E-state index contributed by atoms with van der Waals surface area (Å²) in [5, 5.41) is 5.53. The van der Waals surface area contributed by atoms with Gasteiger partial charge < -0.3 is 4.98 Å². The van der Waals surface area contributed by atoms with E-state index in [4.69, 9.17) is 0 Å². The number of aromatic nitrogens is 3. The van der Waals surface area contributed by atoms with Crippen molar-refractivity contribution >= 4 is 21.8 Å². The van der Waals surface area contributed by atoms with Gasteiger partial charge in [-0.1, -0.05) is 24.3 Å². The van der Waals surface area contributed by atoms with Crippen molar-refractivity contribution in [3.8, 4) is 5.69 Å². The number of benzene rings is 3. The van der Waals surface area contributed by atoms with Gasteiger partial charge in [-0.25, -0.2) is 9.07 Å². The van der Waals surface area contributed by atoms with Gasteiger partial charge in [0.25, 0.3) is 0 Å². The van der Waals surface area contributed by atoms with Gasteiger partial charge in [-0.2, -0.15) is 18.3 Å². The van der Waals surface area contributed by atoms with Crippen molar-refractivity contribution in [1.29, 1.82) is 0 Å². The molecule has 0 aliphatic heterocycles. The van der Waals surface area contributed by atoms with Gasteiger partial charge in [0.05, 0.1) is 17.4 Å². The molecule has 2 heterocycles. The van der Waals surface area contributed by atoms with E-state index in [-0.39, 0.29) is 16.9 Å². The van der Waals surface area contributed by atoms with Gasteiger partial charge in [0.15, 0.2) is 0 Å². The lowest BCUT2D eigenvalue weighted by Crippen LogP contribution is -2.23. The third-order valence-corrected chi connectivity index (χ3v) is 5.07. The topological polar surface area (TPSA) is 33.6 Å². The van der Waals surface area contributed by atoms with Crippen LogP contribution in [0.2, 0.25) is 0 Å². The summed E-state index contributed by atoms with van der Waals surface area (Å²) in [7, 11) is 0. The average Bonchev–Trinajstić information content (AvgIpc) is 3.35. The normalized spacial score (nSPS) is 12.3. The molecule has 3 aromatic carbocycles. The summed E-state index contributed by atoms with van der Waals surface area (Å²) in [4.78, 5) is 2.91. The number of hydrogen-bond donors (Lipinski definition) is 1. The first-order valence-electron chi connectivity index (χ1n) is 9.16. The smallest absolute Gasteiger partial charge is 0.361 e. The number of para-hydroxylation sites is 1. The van der Waals surface area contributed by atoms with Crippen LogP contribution < -0.4 is 0 Å². The van der Waals surface area contributed by atoms with Crippen LogP contribution in [-0.4, -0.2) is 20.9 Å². The van der Waals surface area contributed by atoms with E-state index in [1.165, 1.54) is 36.5 Å². The molecule has 0 unspecified atom stereocenters. The van der Waals surface area contributed by atoms with Crippen molar-refractivity contribution in [2.75, 3.05) is 0 Å². The first-order valence-corrected chi connectivity index (χ1v) is 9.16. The number of nitrogens with one attached hydrogen (secondary N) is 1. The standard InChI is InChI=1S/C23H14F4N3/c24-17-5-7-18(8-6-17)30-20-9-4-15(12-16(20)13-29-30)21(23(25,26)27)19-3-1-2-14-10-11-28-22(14)19/h1-13,28H. The Morgan fingerprint density at radius 1 is 0.900 bits per heavy atom. The number of aromatic amines is 1. The summed E-state index contributed by atoms with van der Waals surface area (Å²) in [6.45, 7) is 0. The van der Waals surface area contributed by atoms with Gasteiger partial charge in [-0.05, 0) is 59.0 Å². The third kappa shape index (κ3) is 3.03. The Labute approximate surface area is 168 Å². The fourth-order valence-electron chi connectivity index (χ4n) is 3.74. The highest BCUT2D eigenvalue weighted by Crippen LogP contribution is 2.42. The molecule has 5 rings (SSSR count). The summed E-state index contributed by atoms with van der Waals surface area (Å²) in [5.41, 5.74) is 1.83. The second-order valence-corrected chi connectivity index (χ2v) is 6.93. The molecular formula is C23H14F4N3. The summed E-state index contributed by atoms with van der Waals surface area (Å²) < 4.78 is 57.1. The minimum atomic E-state index is -4.56. The molecule has 30 heavy (non-hydrogen) atoms. The van der Waals surface area contributed by atoms with Crippen molar-refractivity contribution in [2.24, 2.45) is 0 Å². The van der Waals surface area contributed by atoms with Crippen LogP contribution in [0.25, 0.3) is 27.5 Å². The van der Waals surface area contributed by atoms with Gasteiger partial charge in [-0.15, -0.1) is 0 Å². The molecule has 0 saturated heterocycles. The molecule has 3 nitrogen and oxygen atoms in total. The van der Waals surface area contributed by atoms with Gasteiger partial charge in [-0.3, -0.25) is 0 Å². The Morgan fingerprint density at radius 3 is 2.47 bits per heavy atom. The predicted octanol–water partition coefficient (Wildman–Crippen LogP) is 6.18. The zero-order chi connectivity index (χ0) is 20.9. The van der Waals surface area contributed by atoms with E-state index < -0.39 is 12.1 Å². The Kier molecular flexibility index (Phi) is 4.13. The Morgan fingerprint density at radius 2 is 1.70 bits per heavy atom.